The first-order valence-electron chi connectivity index (χ1n) is 9.18. The van der Waals surface area contributed by atoms with E-state index in [1.807, 2.05) is 18.2 Å². The molecule has 0 spiro atoms. The fourth-order valence-electron chi connectivity index (χ4n) is 3.19. The zero-order valence-electron chi connectivity index (χ0n) is 16.1. The van der Waals surface area contributed by atoms with Crippen LogP contribution in [0, 0.1) is 4.91 Å². The van der Waals surface area contributed by atoms with Crippen LogP contribution in [0.15, 0.2) is 56.9 Å². The topological polar surface area (TPSA) is 100 Å². The lowest BCUT2D eigenvalue weighted by Gasteiger charge is -2.21. The molecule has 148 valence electrons. The number of hydrogen-bond acceptors (Lipinski definition) is 6. The molecule has 0 amide bonds. The number of carboxylic acid groups (broad SMARTS) is 1. The maximum Gasteiger partial charge on any atom is 0.338 e. The van der Waals surface area contributed by atoms with Crippen molar-refractivity contribution in [3.63, 3.8) is 0 Å². The Morgan fingerprint density at radius 1 is 1.10 bits per heavy atom. The van der Waals surface area contributed by atoms with Gasteiger partial charge in [-0.15, -0.1) is 4.91 Å². The molecule has 7 nitrogen and oxygen atoms in total. The molecule has 0 bridgehead atoms. The maximum absolute atomic E-state index is 12.0. The molecule has 2 aromatic carbocycles. The van der Waals surface area contributed by atoms with Gasteiger partial charge in [-0.3, -0.25) is 0 Å². The molecule has 0 saturated carbocycles. The second-order valence-electron chi connectivity index (χ2n) is 6.38. The SMILES string of the molecule is CCN(CC)c1ccc2c(/C=C/c3ccc(N=O)c(C(=O)O)c3)cc(=O)oc2c1. The molecule has 3 rings (SSSR count). The molecule has 3 aromatic rings. The third-order valence-corrected chi connectivity index (χ3v) is 4.69. The summed E-state index contributed by atoms with van der Waals surface area (Å²) in [6.45, 7) is 5.78. The summed E-state index contributed by atoms with van der Waals surface area (Å²) in [6, 6.07) is 11.4. The van der Waals surface area contributed by atoms with Crippen molar-refractivity contribution in [3.05, 3.63) is 74.5 Å². The van der Waals surface area contributed by atoms with Gasteiger partial charge in [0, 0.05) is 36.3 Å². The Labute approximate surface area is 166 Å². The highest BCUT2D eigenvalue weighted by atomic mass is 16.4. The normalized spacial score (nSPS) is 11.1. The van der Waals surface area contributed by atoms with E-state index in [1.165, 1.54) is 18.2 Å². The van der Waals surface area contributed by atoms with Gasteiger partial charge >= 0.3 is 11.6 Å². The molecule has 0 saturated heterocycles. The molecule has 0 unspecified atom stereocenters. The van der Waals surface area contributed by atoms with Crippen LogP contribution >= 0.6 is 0 Å². The molecule has 1 N–H and O–H groups in total. The Hall–Kier alpha value is -3.74. The number of rotatable bonds is 7. The zero-order chi connectivity index (χ0) is 21.0. The summed E-state index contributed by atoms with van der Waals surface area (Å²) >= 11 is 0. The third-order valence-electron chi connectivity index (χ3n) is 4.69. The molecule has 0 atom stereocenters. The van der Waals surface area contributed by atoms with Crippen LogP contribution in [0.25, 0.3) is 23.1 Å². The Balaban J connectivity index is 2.04. The molecule has 29 heavy (non-hydrogen) atoms. The van der Waals surface area contributed by atoms with Crippen LogP contribution < -0.4 is 10.5 Å². The van der Waals surface area contributed by atoms with E-state index in [0.29, 0.717) is 16.7 Å². The Morgan fingerprint density at radius 2 is 1.86 bits per heavy atom. The van der Waals surface area contributed by atoms with Crippen LogP contribution in [-0.2, 0) is 0 Å². The van der Waals surface area contributed by atoms with Crippen LogP contribution in [0.4, 0.5) is 11.4 Å². The van der Waals surface area contributed by atoms with Crippen molar-refractivity contribution in [1.82, 2.24) is 0 Å². The predicted octanol–water partition coefficient (Wildman–Crippen LogP) is 4.91. The lowest BCUT2D eigenvalue weighted by molar-refractivity contribution is 0.0697. The lowest BCUT2D eigenvalue weighted by atomic mass is 10.1. The molecule has 0 radical (unpaired) electrons. The molecule has 0 fully saturated rings. The third kappa shape index (κ3) is 4.24. The zero-order valence-corrected chi connectivity index (χ0v) is 16.1. The number of carboxylic acids is 1. The minimum Gasteiger partial charge on any atom is -0.478 e. The largest absolute Gasteiger partial charge is 0.478 e. The number of aromatic carboxylic acids is 1. The molecular formula is C22H20N2O5. The van der Waals surface area contributed by atoms with Crippen molar-refractivity contribution in [2.75, 3.05) is 18.0 Å². The molecule has 0 aliphatic rings. The number of nitroso groups, excluding NO2 is 1. The lowest BCUT2D eigenvalue weighted by Crippen LogP contribution is -2.21. The number of nitrogens with zero attached hydrogens (tertiary/aromatic N) is 2. The Morgan fingerprint density at radius 3 is 2.52 bits per heavy atom. The van der Waals surface area contributed by atoms with Gasteiger partial charge in [0.05, 0.1) is 5.56 Å². The fraction of sp³-hybridized carbons (Fsp3) is 0.182. The van der Waals surface area contributed by atoms with E-state index in [1.54, 1.807) is 18.2 Å². The van der Waals surface area contributed by atoms with Crippen molar-refractivity contribution in [3.8, 4) is 0 Å². The maximum atomic E-state index is 12.0. The van der Waals surface area contributed by atoms with Gasteiger partial charge in [-0.25, -0.2) is 9.59 Å². The van der Waals surface area contributed by atoms with Crippen LogP contribution in [0.1, 0.15) is 35.3 Å². The second-order valence-corrected chi connectivity index (χ2v) is 6.38. The highest BCUT2D eigenvalue weighted by Crippen LogP contribution is 2.26. The van der Waals surface area contributed by atoms with E-state index in [2.05, 4.69) is 23.9 Å². The minimum absolute atomic E-state index is 0.135. The second kappa shape index (κ2) is 8.52. The van der Waals surface area contributed by atoms with Crippen LogP contribution in [0.5, 0.6) is 0 Å². The molecule has 0 aliphatic heterocycles. The van der Waals surface area contributed by atoms with Gasteiger partial charge in [-0.2, -0.15) is 0 Å². The number of benzene rings is 2. The molecule has 1 aromatic heterocycles. The fourth-order valence-corrected chi connectivity index (χ4v) is 3.19. The van der Waals surface area contributed by atoms with E-state index >= 15 is 0 Å². The van der Waals surface area contributed by atoms with Gasteiger partial charge in [0.25, 0.3) is 0 Å². The highest BCUT2D eigenvalue weighted by molar-refractivity contribution is 5.95. The summed E-state index contributed by atoms with van der Waals surface area (Å²) in [5.41, 5.74) is 1.88. The van der Waals surface area contributed by atoms with Crippen LogP contribution in [0.2, 0.25) is 0 Å². The quantitative estimate of drug-likeness (QED) is 0.453. The summed E-state index contributed by atoms with van der Waals surface area (Å²) in [7, 11) is 0. The van der Waals surface area contributed by atoms with E-state index in [9.17, 15) is 19.6 Å². The van der Waals surface area contributed by atoms with Gasteiger partial charge in [-0.1, -0.05) is 18.2 Å². The van der Waals surface area contributed by atoms with Crippen molar-refractivity contribution < 1.29 is 14.3 Å². The van der Waals surface area contributed by atoms with Crippen molar-refractivity contribution in [2.45, 2.75) is 13.8 Å². The summed E-state index contributed by atoms with van der Waals surface area (Å²) < 4.78 is 5.37. The Kier molecular flexibility index (Phi) is 5.87. The first-order chi connectivity index (χ1) is 14.0. The van der Waals surface area contributed by atoms with E-state index in [4.69, 9.17) is 4.42 Å². The smallest absolute Gasteiger partial charge is 0.338 e. The van der Waals surface area contributed by atoms with Gasteiger partial charge in [-0.05, 0) is 54.4 Å². The standard InChI is InChI=1S/C22H20N2O5/c1-3-24(4-2)16-8-9-17-15(12-21(25)29-20(17)13-16)7-5-14-6-10-19(23-28)18(11-14)22(26)27/h5-13H,3-4H2,1-2H3,(H,26,27)/b7-5+. The van der Waals surface area contributed by atoms with Crippen LogP contribution in [0.3, 0.4) is 0 Å². The minimum atomic E-state index is -1.23. The average molecular weight is 392 g/mol. The molecule has 1 heterocycles. The van der Waals surface area contributed by atoms with Gasteiger partial charge in [0.2, 0.25) is 0 Å². The van der Waals surface area contributed by atoms with Crippen molar-refractivity contribution in [2.24, 2.45) is 5.18 Å². The molecule has 7 heteroatoms. The summed E-state index contributed by atoms with van der Waals surface area (Å²) in [4.78, 5) is 36.2. The van der Waals surface area contributed by atoms with Gasteiger partial charge < -0.3 is 14.4 Å². The Bertz CT molecular complexity index is 1160. The summed E-state index contributed by atoms with van der Waals surface area (Å²) in [5.74, 6) is -1.23. The number of fused-ring (bicyclic) bond motifs is 1. The first-order valence-corrected chi connectivity index (χ1v) is 9.18. The van der Waals surface area contributed by atoms with E-state index < -0.39 is 11.6 Å². The van der Waals surface area contributed by atoms with Crippen LogP contribution in [-0.4, -0.2) is 24.2 Å². The summed E-state index contributed by atoms with van der Waals surface area (Å²) in [5, 5.41) is 12.7. The molecule has 0 aliphatic carbocycles. The number of anilines is 1. The first kappa shape index (κ1) is 20.0. The number of carbonyl (C=O) groups is 1. The molecular weight excluding hydrogens is 372 g/mol. The highest BCUT2D eigenvalue weighted by Gasteiger charge is 2.11. The predicted molar refractivity (Wildman–Crippen MR) is 114 cm³/mol. The van der Waals surface area contributed by atoms with E-state index in [-0.39, 0.29) is 11.3 Å². The summed E-state index contributed by atoms with van der Waals surface area (Å²) in [6.07, 6.45) is 3.39. The van der Waals surface area contributed by atoms with E-state index in [0.717, 1.165) is 24.2 Å². The van der Waals surface area contributed by atoms with Crippen molar-refractivity contribution in [1.29, 1.82) is 0 Å². The van der Waals surface area contributed by atoms with Gasteiger partial charge in [0.15, 0.2) is 0 Å². The average Bonchev–Trinajstić information content (AvgIpc) is 2.72. The number of hydrogen-bond donors (Lipinski definition) is 1. The van der Waals surface area contributed by atoms with Crippen molar-refractivity contribution >= 4 is 40.5 Å². The van der Waals surface area contributed by atoms with Gasteiger partial charge in [0.1, 0.15) is 11.3 Å². The monoisotopic (exact) mass is 392 g/mol.